The Bertz CT molecular complexity index is 504. The van der Waals surface area contributed by atoms with E-state index in [1.54, 1.807) is 0 Å². The normalized spacial score (nSPS) is 17.4. The van der Waals surface area contributed by atoms with E-state index in [1.807, 2.05) is 12.1 Å². The molecule has 0 bridgehead atoms. The number of hydrogen-bond donors (Lipinski definition) is 1. The summed E-state index contributed by atoms with van der Waals surface area (Å²) in [6, 6.07) is 5.21. The summed E-state index contributed by atoms with van der Waals surface area (Å²) in [6.07, 6.45) is 1.14. The van der Waals surface area contributed by atoms with Crippen molar-refractivity contribution in [2.45, 2.75) is 13.0 Å². The molecule has 0 spiro atoms. The standard InChI is InChI=1S/C16H22FN3/c1-19-8-3-9-20(11-10-19)13-15-6-5-14(4-2-7-18)12-16(15)17/h5-6,12H,3,7-11,13,18H2,1H3. The smallest absolute Gasteiger partial charge is 0.128 e. The Labute approximate surface area is 120 Å². The van der Waals surface area contributed by atoms with Crippen LogP contribution in [-0.4, -0.2) is 49.6 Å². The minimum atomic E-state index is -0.175. The van der Waals surface area contributed by atoms with E-state index in [9.17, 15) is 4.39 Å². The molecule has 2 N–H and O–H groups in total. The number of hydrogen-bond acceptors (Lipinski definition) is 3. The van der Waals surface area contributed by atoms with Crippen molar-refractivity contribution in [3.63, 3.8) is 0 Å². The Morgan fingerprint density at radius 1 is 1.25 bits per heavy atom. The van der Waals surface area contributed by atoms with E-state index in [2.05, 4.69) is 28.7 Å². The minimum Gasteiger partial charge on any atom is -0.320 e. The third-order valence-corrected chi connectivity index (χ3v) is 3.59. The van der Waals surface area contributed by atoms with Crippen molar-refractivity contribution in [1.29, 1.82) is 0 Å². The van der Waals surface area contributed by atoms with E-state index < -0.39 is 0 Å². The van der Waals surface area contributed by atoms with Gasteiger partial charge in [0.25, 0.3) is 0 Å². The number of halogens is 1. The van der Waals surface area contributed by atoms with Gasteiger partial charge in [-0.2, -0.15) is 0 Å². The summed E-state index contributed by atoms with van der Waals surface area (Å²) in [5, 5.41) is 0. The predicted octanol–water partition coefficient (Wildman–Crippen LogP) is 1.27. The van der Waals surface area contributed by atoms with Gasteiger partial charge >= 0.3 is 0 Å². The van der Waals surface area contributed by atoms with Gasteiger partial charge in [-0.3, -0.25) is 4.90 Å². The summed E-state index contributed by atoms with van der Waals surface area (Å²) in [5.41, 5.74) is 6.75. The van der Waals surface area contributed by atoms with Gasteiger partial charge in [-0.25, -0.2) is 4.39 Å². The molecular weight excluding hydrogens is 253 g/mol. The lowest BCUT2D eigenvalue weighted by molar-refractivity contribution is 0.266. The Kier molecular flexibility index (Phi) is 5.54. The highest BCUT2D eigenvalue weighted by Gasteiger charge is 2.14. The maximum Gasteiger partial charge on any atom is 0.128 e. The zero-order chi connectivity index (χ0) is 14.4. The first-order chi connectivity index (χ1) is 9.69. The van der Waals surface area contributed by atoms with Gasteiger partial charge < -0.3 is 10.6 Å². The monoisotopic (exact) mass is 275 g/mol. The molecule has 1 aliphatic rings. The van der Waals surface area contributed by atoms with Crippen LogP contribution < -0.4 is 5.73 Å². The van der Waals surface area contributed by atoms with Crippen LogP contribution in [0.5, 0.6) is 0 Å². The quantitative estimate of drug-likeness (QED) is 0.825. The zero-order valence-corrected chi connectivity index (χ0v) is 12.0. The van der Waals surface area contributed by atoms with Crippen LogP contribution in [0, 0.1) is 17.7 Å². The van der Waals surface area contributed by atoms with Crippen LogP contribution in [0.3, 0.4) is 0 Å². The van der Waals surface area contributed by atoms with E-state index >= 15 is 0 Å². The average Bonchev–Trinajstić information content (AvgIpc) is 2.64. The van der Waals surface area contributed by atoms with Gasteiger partial charge in [0.1, 0.15) is 5.82 Å². The number of benzene rings is 1. The van der Waals surface area contributed by atoms with E-state index in [1.165, 1.54) is 6.07 Å². The Balaban J connectivity index is 2.02. The van der Waals surface area contributed by atoms with E-state index in [0.29, 0.717) is 18.7 Å². The van der Waals surface area contributed by atoms with Crippen molar-refractivity contribution < 1.29 is 4.39 Å². The summed E-state index contributed by atoms with van der Waals surface area (Å²) in [7, 11) is 2.13. The largest absolute Gasteiger partial charge is 0.320 e. The molecule has 0 unspecified atom stereocenters. The van der Waals surface area contributed by atoms with Crippen LogP contribution in [0.4, 0.5) is 4.39 Å². The van der Waals surface area contributed by atoms with Crippen molar-refractivity contribution >= 4 is 0 Å². The molecule has 0 saturated carbocycles. The molecule has 1 heterocycles. The van der Waals surface area contributed by atoms with Crippen molar-refractivity contribution in [3.8, 4) is 11.8 Å². The van der Waals surface area contributed by atoms with E-state index in [0.717, 1.165) is 38.2 Å². The second kappa shape index (κ2) is 7.39. The van der Waals surface area contributed by atoms with Crippen LogP contribution in [0.25, 0.3) is 0 Å². The van der Waals surface area contributed by atoms with E-state index in [4.69, 9.17) is 5.73 Å². The molecule has 1 aromatic rings. The molecule has 1 fully saturated rings. The van der Waals surface area contributed by atoms with Crippen LogP contribution >= 0.6 is 0 Å². The number of likely N-dealkylation sites (N-methyl/N-ethyl adjacent to an activating group) is 1. The van der Waals surface area contributed by atoms with Crippen molar-refractivity contribution in [2.75, 3.05) is 39.8 Å². The molecular formula is C16H22FN3. The SMILES string of the molecule is CN1CCCN(Cc2ccc(C#CCN)cc2F)CC1. The van der Waals surface area contributed by atoms with Crippen LogP contribution in [0.2, 0.25) is 0 Å². The molecule has 0 amide bonds. The van der Waals surface area contributed by atoms with Gasteiger partial charge in [0.15, 0.2) is 0 Å². The summed E-state index contributed by atoms with van der Waals surface area (Å²) >= 11 is 0. The van der Waals surface area contributed by atoms with E-state index in [-0.39, 0.29) is 5.82 Å². The molecule has 3 nitrogen and oxygen atoms in total. The first-order valence-corrected chi connectivity index (χ1v) is 7.07. The van der Waals surface area contributed by atoms with Crippen LogP contribution in [0.15, 0.2) is 18.2 Å². The van der Waals surface area contributed by atoms with Gasteiger partial charge in [-0.15, -0.1) is 0 Å². The van der Waals surface area contributed by atoms with Crippen LogP contribution in [-0.2, 0) is 6.54 Å². The van der Waals surface area contributed by atoms with Gasteiger partial charge in [0, 0.05) is 30.8 Å². The van der Waals surface area contributed by atoms with Gasteiger partial charge in [0.05, 0.1) is 6.54 Å². The molecule has 1 saturated heterocycles. The summed E-state index contributed by atoms with van der Waals surface area (Å²) < 4.78 is 14.1. The first-order valence-electron chi connectivity index (χ1n) is 7.07. The molecule has 1 aromatic carbocycles. The predicted molar refractivity (Wildman–Crippen MR) is 79.7 cm³/mol. The van der Waals surface area contributed by atoms with Crippen LogP contribution in [0.1, 0.15) is 17.5 Å². The fraction of sp³-hybridized carbons (Fsp3) is 0.500. The minimum absolute atomic E-state index is 0.175. The third kappa shape index (κ3) is 4.31. The Morgan fingerprint density at radius 2 is 2.10 bits per heavy atom. The Hall–Kier alpha value is -1.41. The fourth-order valence-corrected chi connectivity index (χ4v) is 2.41. The lowest BCUT2D eigenvalue weighted by atomic mass is 10.1. The second-order valence-electron chi connectivity index (χ2n) is 5.25. The maximum atomic E-state index is 14.1. The average molecular weight is 275 g/mol. The number of rotatable bonds is 2. The lowest BCUT2D eigenvalue weighted by Gasteiger charge is -2.20. The lowest BCUT2D eigenvalue weighted by Crippen LogP contribution is -2.28. The maximum absolute atomic E-state index is 14.1. The molecule has 2 rings (SSSR count). The zero-order valence-electron chi connectivity index (χ0n) is 12.0. The topological polar surface area (TPSA) is 32.5 Å². The van der Waals surface area contributed by atoms with Gasteiger partial charge in [-0.1, -0.05) is 17.9 Å². The molecule has 0 aromatic heterocycles. The highest BCUT2D eigenvalue weighted by molar-refractivity contribution is 5.37. The van der Waals surface area contributed by atoms with Gasteiger partial charge in [0.2, 0.25) is 0 Å². The van der Waals surface area contributed by atoms with Crippen molar-refractivity contribution in [1.82, 2.24) is 9.80 Å². The second-order valence-corrected chi connectivity index (χ2v) is 5.25. The number of nitrogens with two attached hydrogens (primary N) is 1. The summed E-state index contributed by atoms with van der Waals surface area (Å²) in [6.45, 7) is 5.15. The summed E-state index contributed by atoms with van der Waals surface area (Å²) in [5.74, 6) is 5.42. The summed E-state index contributed by atoms with van der Waals surface area (Å²) in [4.78, 5) is 4.63. The third-order valence-electron chi connectivity index (χ3n) is 3.59. The fourth-order valence-electron chi connectivity index (χ4n) is 2.41. The van der Waals surface area contributed by atoms with Crippen molar-refractivity contribution in [3.05, 3.63) is 35.1 Å². The highest BCUT2D eigenvalue weighted by atomic mass is 19.1. The first kappa shape index (κ1) is 15.0. The Morgan fingerprint density at radius 3 is 2.85 bits per heavy atom. The van der Waals surface area contributed by atoms with Crippen molar-refractivity contribution in [2.24, 2.45) is 5.73 Å². The molecule has 20 heavy (non-hydrogen) atoms. The molecule has 0 aliphatic carbocycles. The molecule has 1 aliphatic heterocycles. The molecule has 108 valence electrons. The molecule has 4 heteroatoms. The molecule has 0 radical (unpaired) electrons. The highest BCUT2D eigenvalue weighted by Crippen LogP contribution is 2.14. The molecule has 0 atom stereocenters. The van der Waals surface area contributed by atoms with Gasteiger partial charge in [-0.05, 0) is 38.7 Å². The number of nitrogens with zero attached hydrogens (tertiary/aromatic N) is 2.